The number of aromatic nitrogens is 3. The molecule has 0 aliphatic carbocycles. The molecule has 0 aliphatic rings. The molecule has 0 saturated carbocycles. The van der Waals surface area contributed by atoms with Crippen LogP contribution in [0, 0.1) is 13.8 Å². The molecule has 0 saturated heterocycles. The SMILES string of the molecule is Cc1n[nH]c(C)c1NC(=O)c1cc(N)nc2ccccc12. The number of benzene rings is 1. The summed E-state index contributed by atoms with van der Waals surface area (Å²) in [4.78, 5) is 16.8. The van der Waals surface area contributed by atoms with Crippen molar-refractivity contribution >= 4 is 28.3 Å². The number of anilines is 2. The van der Waals surface area contributed by atoms with Gasteiger partial charge in [0.15, 0.2) is 0 Å². The third kappa shape index (κ3) is 2.31. The number of rotatable bonds is 2. The van der Waals surface area contributed by atoms with Gasteiger partial charge in [-0.25, -0.2) is 4.98 Å². The largest absolute Gasteiger partial charge is 0.384 e. The van der Waals surface area contributed by atoms with Crippen LogP contribution in [0.15, 0.2) is 30.3 Å². The first-order valence-corrected chi connectivity index (χ1v) is 6.54. The number of hydrogen-bond donors (Lipinski definition) is 3. The Kier molecular flexibility index (Phi) is 3.06. The second kappa shape index (κ2) is 4.90. The van der Waals surface area contributed by atoms with Crippen molar-refractivity contribution in [1.82, 2.24) is 15.2 Å². The van der Waals surface area contributed by atoms with Crippen molar-refractivity contribution in [2.24, 2.45) is 0 Å². The standard InChI is InChI=1S/C15H15N5O/c1-8-14(9(2)20-19-8)18-15(21)11-7-13(16)17-12-6-4-3-5-10(11)12/h3-7H,1-2H3,(H2,16,17)(H,18,21)(H,19,20). The van der Waals surface area contributed by atoms with E-state index in [-0.39, 0.29) is 5.91 Å². The lowest BCUT2D eigenvalue weighted by Gasteiger charge is -2.09. The highest BCUT2D eigenvalue weighted by Gasteiger charge is 2.15. The number of para-hydroxylation sites is 1. The molecule has 0 bridgehead atoms. The number of aromatic amines is 1. The number of nitrogens with two attached hydrogens (primary N) is 1. The molecule has 6 heteroatoms. The average Bonchev–Trinajstić information content (AvgIpc) is 2.78. The van der Waals surface area contributed by atoms with Gasteiger partial charge < -0.3 is 11.1 Å². The molecule has 0 fully saturated rings. The second-order valence-corrected chi connectivity index (χ2v) is 4.87. The summed E-state index contributed by atoms with van der Waals surface area (Å²) in [6.45, 7) is 3.69. The van der Waals surface area contributed by atoms with E-state index in [9.17, 15) is 4.79 Å². The van der Waals surface area contributed by atoms with Gasteiger partial charge in [0.1, 0.15) is 5.82 Å². The van der Waals surface area contributed by atoms with Gasteiger partial charge in [0.2, 0.25) is 0 Å². The van der Waals surface area contributed by atoms with Crippen LogP contribution < -0.4 is 11.1 Å². The van der Waals surface area contributed by atoms with Gasteiger partial charge >= 0.3 is 0 Å². The van der Waals surface area contributed by atoms with E-state index in [2.05, 4.69) is 20.5 Å². The van der Waals surface area contributed by atoms with Crippen LogP contribution in [0.2, 0.25) is 0 Å². The Hall–Kier alpha value is -2.89. The zero-order valence-corrected chi connectivity index (χ0v) is 11.8. The number of carbonyl (C=O) groups excluding carboxylic acids is 1. The van der Waals surface area contributed by atoms with Crippen molar-refractivity contribution < 1.29 is 4.79 Å². The first-order chi connectivity index (χ1) is 10.1. The van der Waals surface area contributed by atoms with Gasteiger partial charge in [-0.15, -0.1) is 0 Å². The van der Waals surface area contributed by atoms with Gasteiger partial charge in [-0.1, -0.05) is 18.2 Å². The fourth-order valence-corrected chi connectivity index (χ4v) is 2.30. The second-order valence-electron chi connectivity index (χ2n) is 4.87. The molecule has 0 aliphatic heterocycles. The molecule has 4 N–H and O–H groups in total. The first-order valence-electron chi connectivity index (χ1n) is 6.54. The third-order valence-electron chi connectivity index (χ3n) is 3.35. The lowest BCUT2D eigenvalue weighted by Crippen LogP contribution is -2.14. The lowest BCUT2D eigenvalue weighted by atomic mass is 10.1. The quantitative estimate of drug-likeness (QED) is 0.672. The van der Waals surface area contributed by atoms with E-state index in [1.54, 1.807) is 6.07 Å². The Morgan fingerprint density at radius 3 is 2.76 bits per heavy atom. The monoisotopic (exact) mass is 281 g/mol. The maximum absolute atomic E-state index is 12.5. The Morgan fingerprint density at radius 2 is 2.05 bits per heavy atom. The van der Waals surface area contributed by atoms with Crippen molar-refractivity contribution in [2.75, 3.05) is 11.1 Å². The number of amides is 1. The van der Waals surface area contributed by atoms with E-state index < -0.39 is 0 Å². The molecule has 3 aromatic rings. The highest BCUT2D eigenvalue weighted by molar-refractivity contribution is 6.13. The number of nitrogens with one attached hydrogen (secondary N) is 2. The molecule has 106 valence electrons. The topological polar surface area (TPSA) is 96.7 Å². The van der Waals surface area contributed by atoms with Crippen LogP contribution in [-0.2, 0) is 0 Å². The highest BCUT2D eigenvalue weighted by Crippen LogP contribution is 2.22. The zero-order chi connectivity index (χ0) is 15.0. The van der Waals surface area contributed by atoms with Gasteiger partial charge in [0, 0.05) is 5.39 Å². The summed E-state index contributed by atoms with van der Waals surface area (Å²) in [5, 5.41) is 10.6. The van der Waals surface area contributed by atoms with Crippen LogP contribution in [0.5, 0.6) is 0 Å². The first kappa shape index (κ1) is 13.1. The summed E-state index contributed by atoms with van der Waals surface area (Å²) in [5.41, 5.74) is 9.23. The number of hydrogen-bond acceptors (Lipinski definition) is 4. The van der Waals surface area contributed by atoms with E-state index in [0.29, 0.717) is 22.6 Å². The van der Waals surface area contributed by atoms with Crippen LogP contribution >= 0.6 is 0 Å². The molecular formula is C15H15N5O. The van der Waals surface area contributed by atoms with Crippen LogP contribution in [0.3, 0.4) is 0 Å². The molecule has 0 spiro atoms. The van der Waals surface area contributed by atoms with Crippen LogP contribution in [0.1, 0.15) is 21.7 Å². The molecular weight excluding hydrogens is 266 g/mol. The number of carbonyl (C=O) groups is 1. The van der Waals surface area contributed by atoms with Crippen LogP contribution in [0.25, 0.3) is 10.9 Å². The Labute approximate surface area is 121 Å². The fourth-order valence-electron chi connectivity index (χ4n) is 2.30. The van der Waals surface area contributed by atoms with Gasteiger partial charge in [-0.3, -0.25) is 9.89 Å². The van der Waals surface area contributed by atoms with Crippen molar-refractivity contribution in [3.63, 3.8) is 0 Å². The van der Waals surface area contributed by atoms with Crippen molar-refractivity contribution in [2.45, 2.75) is 13.8 Å². The lowest BCUT2D eigenvalue weighted by molar-refractivity contribution is 0.102. The van der Waals surface area contributed by atoms with E-state index in [1.807, 2.05) is 38.1 Å². The smallest absolute Gasteiger partial charge is 0.256 e. The van der Waals surface area contributed by atoms with Crippen molar-refractivity contribution in [1.29, 1.82) is 0 Å². The number of fused-ring (bicyclic) bond motifs is 1. The predicted octanol–water partition coefficient (Wildman–Crippen LogP) is 2.41. The van der Waals surface area contributed by atoms with Gasteiger partial charge in [-0.05, 0) is 26.0 Å². The van der Waals surface area contributed by atoms with Crippen molar-refractivity contribution in [3.8, 4) is 0 Å². The van der Waals surface area contributed by atoms with Crippen molar-refractivity contribution in [3.05, 3.63) is 47.3 Å². The molecule has 6 nitrogen and oxygen atoms in total. The number of pyridine rings is 1. The molecule has 2 heterocycles. The number of nitrogens with zero attached hydrogens (tertiary/aromatic N) is 2. The molecule has 0 unspecified atom stereocenters. The molecule has 2 aromatic heterocycles. The van der Waals surface area contributed by atoms with E-state index in [4.69, 9.17) is 5.73 Å². The Bertz CT molecular complexity index is 818. The summed E-state index contributed by atoms with van der Waals surface area (Å²) in [5.74, 6) is 0.0902. The average molecular weight is 281 g/mol. The maximum Gasteiger partial charge on any atom is 0.256 e. The molecule has 1 aromatic carbocycles. The summed E-state index contributed by atoms with van der Waals surface area (Å²) in [6.07, 6.45) is 0. The van der Waals surface area contributed by atoms with E-state index in [0.717, 1.165) is 16.8 Å². The van der Waals surface area contributed by atoms with Crippen LogP contribution in [-0.4, -0.2) is 21.1 Å². The minimum atomic E-state index is -0.229. The molecule has 21 heavy (non-hydrogen) atoms. The summed E-state index contributed by atoms with van der Waals surface area (Å²) >= 11 is 0. The Morgan fingerprint density at radius 1 is 1.29 bits per heavy atom. The molecule has 3 rings (SSSR count). The molecule has 0 atom stereocenters. The van der Waals surface area contributed by atoms with E-state index >= 15 is 0 Å². The highest BCUT2D eigenvalue weighted by atomic mass is 16.1. The number of nitrogen functional groups attached to an aromatic ring is 1. The summed E-state index contributed by atoms with van der Waals surface area (Å²) < 4.78 is 0. The number of H-pyrrole nitrogens is 1. The number of aryl methyl sites for hydroxylation is 2. The summed E-state index contributed by atoms with van der Waals surface area (Å²) in [7, 11) is 0. The third-order valence-corrected chi connectivity index (χ3v) is 3.35. The predicted molar refractivity (Wildman–Crippen MR) is 82.2 cm³/mol. The minimum Gasteiger partial charge on any atom is -0.384 e. The normalized spacial score (nSPS) is 10.8. The molecule has 1 amide bonds. The minimum absolute atomic E-state index is 0.229. The summed E-state index contributed by atoms with van der Waals surface area (Å²) in [6, 6.07) is 9.00. The van der Waals surface area contributed by atoms with E-state index in [1.165, 1.54) is 0 Å². The Balaban J connectivity index is 2.06. The maximum atomic E-state index is 12.5. The fraction of sp³-hybridized carbons (Fsp3) is 0.133. The van der Waals surface area contributed by atoms with Crippen LogP contribution in [0.4, 0.5) is 11.5 Å². The van der Waals surface area contributed by atoms with Gasteiger partial charge in [-0.2, -0.15) is 5.10 Å². The van der Waals surface area contributed by atoms with Gasteiger partial charge in [0.25, 0.3) is 5.91 Å². The van der Waals surface area contributed by atoms with Gasteiger partial charge in [0.05, 0.1) is 28.2 Å². The zero-order valence-electron chi connectivity index (χ0n) is 11.8. The molecule has 0 radical (unpaired) electrons.